The molecule has 1 aromatic rings. The number of nitro benzene ring substituents is 1. The van der Waals surface area contributed by atoms with Gasteiger partial charge < -0.3 is 0 Å². The number of carbonyl (C=O) groups excluding carboxylic acids is 1. The molecule has 0 aliphatic carbocycles. The van der Waals surface area contributed by atoms with Crippen LogP contribution in [0.2, 0.25) is 0 Å². The number of anilines is 1. The van der Waals surface area contributed by atoms with E-state index in [-0.39, 0.29) is 11.6 Å². The lowest BCUT2D eigenvalue weighted by atomic mass is 10.3. The van der Waals surface area contributed by atoms with Crippen molar-refractivity contribution in [3.05, 3.63) is 34.4 Å². The van der Waals surface area contributed by atoms with Crippen LogP contribution in [0.15, 0.2) is 24.3 Å². The fraction of sp³-hybridized carbons (Fsp3) is 0.300. The van der Waals surface area contributed by atoms with E-state index < -0.39 is 4.92 Å². The highest BCUT2D eigenvalue weighted by Crippen LogP contribution is 2.14. The third-order valence-corrected chi connectivity index (χ3v) is 1.90. The van der Waals surface area contributed by atoms with Crippen LogP contribution in [0, 0.1) is 10.1 Å². The Labute approximate surface area is 92.8 Å². The summed E-state index contributed by atoms with van der Waals surface area (Å²) in [7, 11) is 0. The molecule has 0 fully saturated rings. The summed E-state index contributed by atoms with van der Waals surface area (Å²) in [6, 6.07) is 5.80. The SMILES string of the molecule is CCCC(=O)NNc1ccc([N+](=O)[O-])cc1. The first kappa shape index (κ1) is 12.0. The zero-order chi connectivity index (χ0) is 12.0. The number of amides is 1. The molecule has 2 N–H and O–H groups in total. The highest BCUT2D eigenvalue weighted by Gasteiger charge is 2.04. The topological polar surface area (TPSA) is 84.3 Å². The number of hydrogen-bond donors (Lipinski definition) is 2. The van der Waals surface area contributed by atoms with Gasteiger partial charge in [0, 0.05) is 18.6 Å². The summed E-state index contributed by atoms with van der Waals surface area (Å²) in [6.45, 7) is 1.91. The number of nitrogens with one attached hydrogen (secondary N) is 2. The Kier molecular flexibility index (Phi) is 4.26. The Morgan fingerprint density at radius 3 is 2.50 bits per heavy atom. The lowest BCUT2D eigenvalue weighted by molar-refractivity contribution is -0.384. The third-order valence-electron chi connectivity index (χ3n) is 1.90. The van der Waals surface area contributed by atoms with Crippen LogP contribution >= 0.6 is 0 Å². The number of carbonyl (C=O) groups is 1. The van der Waals surface area contributed by atoms with Crippen molar-refractivity contribution in [1.29, 1.82) is 0 Å². The normalized spacial score (nSPS) is 9.56. The van der Waals surface area contributed by atoms with E-state index in [0.717, 1.165) is 6.42 Å². The molecule has 0 aliphatic rings. The van der Waals surface area contributed by atoms with Gasteiger partial charge in [-0.25, -0.2) is 0 Å². The molecule has 1 amide bonds. The van der Waals surface area contributed by atoms with Gasteiger partial charge in [-0.2, -0.15) is 0 Å². The van der Waals surface area contributed by atoms with Crippen LogP contribution in [0.1, 0.15) is 19.8 Å². The number of benzene rings is 1. The molecule has 1 rings (SSSR count). The van der Waals surface area contributed by atoms with Gasteiger partial charge in [-0.3, -0.25) is 25.8 Å². The molecule has 0 unspecified atom stereocenters. The van der Waals surface area contributed by atoms with Gasteiger partial charge in [0.1, 0.15) is 0 Å². The summed E-state index contributed by atoms with van der Waals surface area (Å²) in [6.07, 6.45) is 1.22. The maximum Gasteiger partial charge on any atom is 0.269 e. The monoisotopic (exact) mass is 223 g/mol. The number of hydrogen-bond acceptors (Lipinski definition) is 4. The van der Waals surface area contributed by atoms with Gasteiger partial charge in [-0.15, -0.1) is 0 Å². The lowest BCUT2D eigenvalue weighted by Crippen LogP contribution is -2.28. The number of hydrazine groups is 1. The molecule has 0 radical (unpaired) electrons. The first-order valence-electron chi connectivity index (χ1n) is 4.92. The zero-order valence-corrected chi connectivity index (χ0v) is 8.90. The second-order valence-corrected chi connectivity index (χ2v) is 3.23. The standard InChI is InChI=1S/C10H13N3O3/c1-2-3-10(14)12-11-8-4-6-9(7-5-8)13(15)16/h4-7,11H,2-3H2,1H3,(H,12,14). The van der Waals surface area contributed by atoms with E-state index >= 15 is 0 Å². The summed E-state index contributed by atoms with van der Waals surface area (Å²) in [4.78, 5) is 21.0. The van der Waals surface area contributed by atoms with Gasteiger partial charge in [0.25, 0.3) is 5.69 Å². The van der Waals surface area contributed by atoms with Crippen molar-refractivity contribution in [2.75, 3.05) is 5.43 Å². The predicted octanol–water partition coefficient (Wildman–Crippen LogP) is 1.84. The molecule has 6 nitrogen and oxygen atoms in total. The minimum absolute atomic E-state index is 0.0189. The lowest BCUT2D eigenvalue weighted by Gasteiger charge is -2.07. The summed E-state index contributed by atoms with van der Waals surface area (Å²) in [5.41, 5.74) is 5.79. The maximum atomic E-state index is 11.1. The summed E-state index contributed by atoms with van der Waals surface area (Å²) >= 11 is 0. The van der Waals surface area contributed by atoms with Crippen molar-refractivity contribution in [1.82, 2.24) is 5.43 Å². The molecule has 0 saturated heterocycles. The van der Waals surface area contributed by atoms with Gasteiger partial charge >= 0.3 is 0 Å². The summed E-state index contributed by atoms with van der Waals surface area (Å²) < 4.78 is 0. The van der Waals surface area contributed by atoms with E-state index in [4.69, 9.17) is 0 Å². The molecule has 0 aliphatic heterocycles. The van der Waals surface area contributed by atoms with Crippen LogP contribution < -0.4 is 10.9 Å². The quantitative estimate of drug-likeness (QED) is 0.589. The highest BCUT2D eigenvalue weighted by atomic mass is 16.6. The number of nitro groups is 1. The highest BCUT2D eigenvalue weighted by molar-refractivity contribution is 5.77. The summed E-state index contributed by atoms with van der Waals surface area (Å²) in [5.74, 6) is -0.110. The second kappa shape index (κ2) is 5.69. The predicted molar refractivity (Wildman–Crippen MR) is 59.8 cm³/mol. The Balaban J connectivity index is 2.49. The zero-order valence-electron chi connectivity index (χ0n) is 8.90. The average Bonchev–Trinajstić information content (AvgIpc) is 2.27. The van der Waals surface area contributed by atoms with Gasteiger partial charge in [-0.1, -0.05) is 6.92 Å². The molecular weight excluding hydrogens is 210 g/mol. The van der Waals surface area contributed by atoms with E-state index in [2.05, 4.69) is 10.9 Å². The molecule has 1 aromatic carbocycles. The van der Waals surface area contributed by atoms with E-state index in [9.17, 15) is 14.9 Å². The van der Waals surface area contributed by atoms with Gasteiger partial charge in [0.15, 0.2) is 0 Å². The van der Waals surface area contributed by atoms with Crippen LogP contribution in [-0.2, 0) is 4.79 Å². The maximum absolute atomic E-state index is 11.1. The summed E-state index contributed by atoms with van der Waals surface area (Å²) in [5, 5.41) is 10.4. The van der Waals surface area contributed by atoms with Crippen LogP contribution in [0.5, 0.6) is 0 Å². The molecule has 0 heterocycles. The Bertz CT molecular complexity index is 375. The van der Waals surface area contributed by atoms with Crippen molar-refractivity contribution >= 4 is 17.3 Å². The van der Waals surface area contributed by atoms with Crippen LogP contribution in [0.4, 0.5) is 11.4 Å². The van der Waals surface area contributed by atoms with Gasteiger partial charge in [0.05, 0.1) is 10.6 Å². The van der Waals surface area contributed by atoms with E-state index in [1.165, 1.54) is 24.3 Å². The smallest absolute Gasteiger partial charge is 0.269 e. The van der Waals surface area contributed by atoms with E-state index in [1.54, 1.807) is 0 Å². The molecule has 0 atom stereocenters. The first-order chi connectivity index (χ1) is 7.63. The van der Waals surface area contributed by atoms with Crippen molar-refractivity contribution in [3.63, 3.8) is 0 Å². The molecule has 86 valence electrons. The minimum Gasteiger partial charge on any atom is -0.299 e. The van der Waals surface area contributed by atoms with Crippen molar-refractivity contribution in [2.45, 2.75) is 19.8 Å². The van der Waals surface area contributed by atoms with Crippen LogP contribution in [0.25, 0.3) is 0 Å². The molecule has 0 bridgehead atoms. The second-order valence-electron chi connectivity index (χ2n) is 3.23. The van der Waals surface area contributed by atoms with Crippen molar-refractivity contribution in [2.24, 2.45) is 0 Å². The fourth-order valence-electron chi connectivity index (χ4n) is 1.10. The third kappa shape index (κ3) is 3.56. The molecule has 0 saturated carbocycles. The van der Waals surface area contributed by atoms with Crippen LogP contribution in [-0.4, -0.2) is 10.8 Å². The van der Waals surface area contributed by atoms with Gasteiger partial charge in [0.2, 0.25) is 5.91 Å². The number of nitrogens with zero attached hydrogens (tertiary/aromatic N) is 1. The Morgan fingerprint density at radius 2 is 2.00 bits per heavy atom. The largest absolute Gasteiger partial charge is 0.299 e. The molecule has 6 heteroatoms. The van der Waals surface area contributed by atoms with E-state index in [1.807, 2.05) is 6.92 Å². The van der Waals surface area contributed by atoms with Crippen molar-refractivity contribution < 1.29 is 9.72 Å². The molecule has 16 heavy (non-hydrogen) atoms. The Hall–Kier alpha value is -2.11. The van der Waals surface area contributed by atoms with Crippen LogP contribution in [0.3, 0.4) is 0 Å². The number of rotatable bonds is 5. The molecule has 0 spiro atoms. The first-order valence-corrected chi connectivity index (χ1v) is 4.92. The molecule has 0 aromatic heterocycles. The average molecular weight is 223 g/mol. The Morgan fingerprint density at radius 1 is 1.38 bits per heavy atom. The van der Waals surface area contributed by atoms with Crippen molar-refractivity contribution in [3.8, 4) is 0 Å². The van der Waals surface area contributed by atoms with E-state index in [0.29, 0.717) is 12.1 Å². The fourth-order valence-corrected chi connectivity index (χ4v) is 1.10. The number of non-ortho nitro benzene ring substituents is 1. The molecular formula is C10H13N3O3. The minimum atomic E-state index is -0.473. The van der Waals surface area contributed by atoms with Gasteiger partial charge in [-0.05, 0) is 18.6 Å².